The minimum atomic E-state index is -0.200. The maximum Gasteiger partial charge on any atom is 0.319 e. The molecule has 0 radical (unpaired) electrons. The Balaban J connectivity index is 1.96. The van der Waals surface area contributed by atoms with E-state index in [0.717, 1.165) is 26.9 Å². The van der Waals surface area contributed by atoms with Gasteiger partial charge in [0.05, 0.1) is 0 Å². The first-order valence-electron chi connectivity index (χ1n) is 6.42. The van der Waals surface area contributed by atoms with Crippen molar-refractivity contribution < 1.29 is 4.79 Å². The molecule has 0 spiro atoms. The molecular formula is C16H17BrN2O. The third-order valence-electron chi connectivity index (χ3n) is 3.04. The molecule has 2 aromatic rings. The van der Waals surface area contributed by atoms with Gasteiger partial charge in [-0.3, -0.25) is 0 Å². The van der Waals surface area contributed by atoms with Crippen molar-refractivity contribution >= 4 is 27.6 Å². The van der Waals surface area contributed by atoms with Crippen LogP contribution in [0, 0.1) is 13.8 Å². The summed E-state index contributed by atoms with van der Waals surface area (Å²) in [6.45, 7) is 4.46. The normalized spacial score (nSPS) is 10.2. The number of hydrogen-bond donors (Lipinski definition) is 2. The molecule has 0 aliphatic heterocycles. The van der Waals surface area contributed by atoms with Gasteiger partial charge in [0, 0.05) is 16.7 Å². The first-order chi connectivity index (χ1) is 9.56. The number of rotatable bonds is 3. The number of amides is 2. The molecule has 0 aliphatic rings. The Labute approximate surface area is 127 Å². The maximum atomic E-state index is 11.9. The SMILES string of the molecule is Cc1ccc(C)c(NC(=O)NCc2ccccc2Br)c1. The summed E-state index contributed by atoms with van der Waals surface area (Å²) in [5, 5.41) is 5.73. The smallest absolute Gasteiger partial charge is 0.319 e. The van der Waals surface area contributed by atoms with Crippen LogP contribution in [0.3, 0.4) is 0 Å². The van der Waals surface area contributed by atoms with Crippen LogP contribution >= 0.6 is 15.9 Å². The lowest BCUT2D eigenvalue weighted by molar-refractivity contribution is 0.251. The van der Waals surface area contributed by atoms with Gasteiger partial charge in [0.15, 0.2) is 0 Å². The van der Waals surface area contributed by atoms with Crippen molar-refractivity contribution in [1.82, 2.24) is 5.32 Å². The van der Waals surface area contributed by atoms with Gasteiger partial charge < -0.3 is 10.6 Å². The third-order valence-corrected chi connectivity index (χ3v) is 3.81. The second-order valence-corrected chi connectivity index (χ2v) is 5.57. The van der Waals surface area contributed by atoms with E-state index in [-0.39, 0.29) is 6.03 Å². The van der Waals surface area contributed by atoms with E-state index in [1.165, 1.54) is 0 Å². The number of hydrogen-bond acceptors (Lipinski definition) is 1. The maximum absolute atomic E-state index is 11.9. The molecule has 0 saturated heterocycles. The van der Waals surface area contributed by atoms with Gasteiger partial charge in [0.1, 0.15) is 0 Å². The first kappa shape index (κ1) is 14.6. The molecule has 2 rings (SSSR count). The highest BCUT2D eigenvalue weighted by Gasteiger charge is 2.05. The van der Waals surface area contributed by atoms with Gasteiger partial charge in [-0.05, 0) is 42.7 Å². The Morgan fingerprint density at radius 2 is 1.90 bits per heavy atom. The second-order valence-electron chi connectivity index (χ2n) is 4.72. The molecule has 2 aromatic carbocycles. The molecule has 4 heteroatoms. The highest BCUT2D eigenvalue weighted by Crippen LogP contribution is 2.17. The van der Waals surface area contributed by atoms with Crippen molar-refractivity contribution in [3.63, 3.8) is 0 Å². The third kappa shape index (κ3) is 3.84. The standard InChI is InChI=1S/C16H17BrN2O/c1-11-7-8-12(2)15(9-11)19-16(20)18-10-13-5-3-4-6-14(13)17/h3-9H,10H2,1-2H3,(H2,18,19,20). The number of carbonyl (C=O) groups is 1. The van der Waals surface area contributed by atoms with Gasteiger partial charge in [-0.1, -0.05) is 46.3 Å². The van der Waals surface area contributed by atoms with Gasteiger partial charge in [-0.15, -0.1) is 0 Å². The van der Waals surface area contributed by atoms with Gasteiger partial charge in [-0.25, -0.2) is 4.79 Å². The predicted molar refractivity (Wildman–Crippen MR) is 85.9 cm³/mol. The summed E-state index contributed by atoms with van der Waals surface area (Å²) in [7, 11) is 0. The van der Waals surface area contributed by atoms with Crippen LogP contribution in [0.15, 0.2) is 46.9 Å². The van der Waals surface area contributed by atoms with Crippen LogP contribution in [0.5, 0.6) is 0 Å². The summed E-state index contributed by atoms with van der Waals surface area (Å²) in [6, 6.07) is 13.6. The lowest BCUT2D eigenvalue weighted by Crippen LogP contribution is -2.28. The second kappa shape index (κ2) is 6.57. The zero-order valence-electron chi connectivity index (χ0n) is 11.5. The lowest BCUT2D eigenvalue weighted by atomic mass is 10.1. The number of carbonyl (C=O) groups excluding carboxylic acids is 1. The van der Waals surface area contributed by atoms with Crippen LogP contribution < -0.4 is 10.6 Å². The quantitative estimate of drug-likeness (QED) is 0.859. The topological polar surface area (TPSA) is 41.1 Å². The molecule has 0 aromatic heterocycles. The Bertz CT molecular complexity index is 626. The van der Waals surface area contributed by atoms with Crippen LogP contribution in [0.4, 0.5) is 10.5 Å². The molecule has 0 unspecified atom stereocenters. The van der Waals surface area contributed by atoms with Crippen molar-refractivity contribution in [2.45, 2.75) is 20.4 Å². The number of benzene rings is 2. The van der Waals surface area contributed by atoms with Crippen molar-refractivity contribution in [1.29, 1.82) is 0 Å². The van der Waals surface area contributed by atoms with Crippen LogP contribution in [0.25, 0.3) is 0 Å². The van der Waals surface area contributed by atoms with Gasteiger partial charge in [0.25, 0.3) is 0 Å². The highest BCUT2D eigenvalue weighted by molar-refractivity contribution is 9.10. The number of anilines is 1. The average Bonchev–Trinajstić information content (AvgIpc) is 2.42. The largest absolute Gasteiger partial charge is 0.334 e. The van der Waals surface area contributed by atoms with Crippen molar-refractivity contribution in [2.75, 3.05) is 5.32 Å². The van der Waals surface area contributed by atoms with Gasteiger partial charge in [0.2, 0.25) is 0 Å². The minimum Gasteiger partial charge on any atom is -0.334 e. The molecule has 3 nitrogen and oxygen atoms in total. The molecule has 104 valence electrons. The number of nitrogens with one attached hydrogen (secondary N) is 2. The lowest BCUT2D eigenvalue weighted by Gasteiger charge is -2.11. The monoisotopic (exact) mass is 332 g/mol. The van der Waals surface area contributed by atoms with Crippen LogP contribution in [-0.4, -0.2) is 6.03 Å². The van der Waals surface area contributed by atoms with E-state index in [1.54, 1.807) is 0 Å². The number of aryl methyl sites for hydroxylation is 2. The molecule has 2 N–H and O–H groups in total. The number of urea groups is 1. The number of halogens is 1. The highest BCUT2D eigenvalue weighted by atomic mass is 79.9. The molecule has 0 atom stereocenters. The molecular weight excluding hydrogens is 316 g/mol. The van der Waals surface area contributed by atoms with Crippen molar-refractivity contribution in [3.05, 3.63) is 63.6 Å². The molecule has 0 aliphatic carbocycles. The Morgan fingerprint density at radius 3 is 2.65 bits per heavy atom. The molecule has 0 heterocycles. The summed E-state index contributed by atoms with van der Waals surface area (Å²) < 4.78 is 0.993. The van der Waals surface area contributed by atoms with E-state index >= 15 is 0 Å². The van der Waals surface area contributed by atoms with E-state index in [0.29, 0.717) is 6.54 Å². The Hall–Kier alpha value is -1.81. The molecule has 2 amide bonds. The predicted octanol–water partition coefficient (Wildman–Crippen LogP) is 4.39. The summed E-state index contributed by atoms with van der Waals surface area (Å²) in [6.07, 6.45) is 0. The molecule has 0 fully saturated rings. The van der Waals surface area contributed by atoms with Crippen LogP contribution in [-0.2, 0) is 6.54 Å². The minimum absolute atomic E-state index is 0.200. The summed E-state index contributed by atoms with van der Waals surface area (Å²) in [4.78, 5) is 11.9. The zero-order valence-corrected chi connectivity index (χ0v) is 13.1. The van der Waals surface area contributed by atoms with Gasteiger partial charge >= 0.3 is 6.03 Å². The summed E-state index contributed by atoms with van der Waals surface area (Å²) >= 11 is 3.46. The van der Waals surface area contributed by atoms with Gasteiger partial charge in [-0.2, -0.15) is 0 Å². The van der Waals surface area contributed by atoms with E-state index < -0.39 is 0 Å². The zero-order chi connectivity index (χ0) is 14.5. The van der Waals surface area contributed by atoms with Crippen molar-refractivity contribution in [2.24, 2.45) is 0 Å². The molecule has 20 heavy (non-hydrogen) atoms. The fraction of sp³-hybridized carbons (Fsp3) is 0.188. The first-order valence-corrected chi connectivity index (χ1v) is 7.21. The summed E-state index contributed by atoms with van der Waals surface area (Å²) in [5.74, 6) is 0. The van der Waals surface area contributed by atoms with E-state index in [1.807, 2.05) is 56.3 Å². The Kier molecular flexibility index (Phi) is 4.79. The van der Waals surface area contributed by atoms with E-state index in [4.69, 9.17) is 0 Å². The summed E-state index contributed by atoms with van der Waals surface area (Å²) in [5.41, 5.74) is 4.06. The van der Waals surface area contributed by atoms with Crippen molar-refractivity contribution in [3.8, 4) is 0 Å². The van der Waals surface area contributed by atoms with E-state index in [2.05, 4.69) is 26.6 Å². The average molecular weight is 333 g/mol. The molecule has 0 bridgehead atoms. The fourth-order valence-electron chi connectivity index (χ4n) is 1.85. The fourth-order valence-corrected chi connectivity index (χ4v) is 2.28. The molecule has 0 saturated carbocycles. The van der Waals surface area contributed by atoms with Crippen LogP contribution in [0.2, 0.25) is 0 Å². The van der Waals surface area contributed by atoms with Crippen LogP contribution in [0.1, 0.15) is 16.7 Å². The Morgan fingerprint density at radius 1 is 1.15 bits per heavy atom. The van der Waals surface area contributed by atoms with E-state index in [9.17, 15) is 4.79 Å².